The molecule has 2 aliphatic rings. The van der Waals surface area contributed by atoms with Crippen LogP contribution < -0.4 is 4.90 Å². The normalized spacial score (nSPS) is 22.6. The van der Waals surface area contributed by atoms with E-state index in [9.17, 15) is 4.79 Å². The SMILES string of the molecule is O=C(O)c1coc(N2CCCC3(C2)OCCO3)n1. The summed E-state index contributed by atoms with van der Waals surface area (Å²) >= 11 is 0. The van der Waals surface area contributed by atoms with Crippen LogP contribution in [0.2, 0.25) is 0 Å². The molecule has 0 aliphatic carbocycles. The Labute approximate surface area is 103 Å². The Morgan fingerprint density at radius 2 is 2.22 bits per heavy atom. The lowest BCUT2D eigenvalue weighted by atomic mass is 10.1. The first-order chi connectivity index (χ1) is 8.69. The third-order valence-corrected chi connectivity index (χ3v) is 3.21. The van der Waals surface area contributed by atoms with Gasteiger partial charge in [0.1, 0.15) is 6.26 Å². The van der Waals surface area contributed by atoms with Crippen LogP contribution in [0.5, 0.6) is 0 Å². The molecule has 3 rings (SSSR count). The molecule has 0 radical (unpaired) electrons. The first-order valence-corrected chi connectivity index (χ1v) is 5.90. The minimum Gasteiger partial charge on any atom is -0.476 e. The van der Waals surface area contributed by atoms with E-state index < -0.39 is 11.8 Å². The van der Waals surface area contributed by atoms with Gasteiger partial charge in [-0.15, -0.1) is 0 Å². The van der Waals surface area contributed by atoms with E-state index in [-0.39, 0.29) is 5.69 Å². The van der Waals surface area contributed by atoms with Crippen molar-refractivity contribution in [2.75, 3.05) is 31.2 Å². The van der Waals surface area contributed by atoms with Gasteiger partial charge >= 0.3 is 5.97 Å². The maximum atomic E-state index is 10.8. The molecule has 0 bridgehead atoms. The summed E-state index contributed by atoms with van der Waals surface area (Å²) in [6.45, 7) is 2.47. The molecule has 7 nitrogen and oxygen atoms in total. The maximum Gasteiger partial charge on any atom is 0.357 e. The van der Waals surface area contributed by atoms with Crippen LogP contribution in [-0.4, -0.2) is 48.2 Å². The Morgan fingerprint density at radius 1 is 1.44 bits per heavy atom. The minimum atomic E-state index is -1.09. The molecule has 0 aromatic carbocycles. The second-order valence-electron chi connectivity index (χ2n) is 4.45. The van der Waals surface area contributed by atoms with Gasteiger partial charge in [-0.25, -0.2) is 4.79 Å². The number of carboxylic acids is 1. The van der Waals surface area contributed by atoms with E-state index in [1.54, 1.807) is 0 Å². The zero-order chi connectivity index (χ0) is 12.6. The van der Waals surface area contributed by atoms with Crippen molar-refractivity contribution in [1.29, 1.82) is 0 Å². The first kappa shape index (κ1) is 11.5. The largest absolute Gasteiger partial charge is 0.476 e. The number of aromatic nitrogens is 1. The predicted octanol–water partition coefficient (Wildman–Crippen LogP) is 0.716. The number of carboxylic acid groups (broad SMARTS) is 1. The van der Waals surface area contributed by atoms with Gasteiger partial charge in [-0.1, -0.05) is 0 Å². The van der Waals surface area contributed by atoms with Gasteiger partial charge in [-0.2, -0.15) is 4.98 Å². The molecule has 1 N–H and O–H groups in total. The second-order valence-corrected chi connectivity index (χ2v) is 4.45. The number of hydrogen-bond acceptors (Lipinski definition) is 6. The summed E-state index contributed by atoms with van der Waals surface area (Å²) in [5.74, 6) is -1.67. The highest BCUT2D eigenvalue weighted by atomic mass is 16.7. The maximum absolute atomic E-state index is 10.8. The molecule has 18 heavy (non-hydrogen) atoms. The summed E-state index contributed by atoms with van der Waals surface area (Å²) in [7, 11) is 0. The van der Waals surface area contributed by atoms with E-state index in [1.807, 2.05) is 4.90 Å². The van der Waals surface area contributed by atoms with E-state index in [4.69, 9.17) is 19.0 Å². The molecule has 1 spiro atoms. The Balaban J connectivity index is 1.76. The van der Waals surface area contributed by atoms with Crippen molar-refractivity contribution in [2.45, 2.75) is 18.6 Å². The topological polar surface area (TPSA) is 85.0 Å². The lowest BCUT2D eigenvalue weighted by Gasteiger charge is -2.37. The molecule has 2 fully saturated rings. The number of rotatable bonds is 2. The fourth-order valence-corrected chi connectivity index (χ4v) is 2.39. The van der Waals surface area contributed by atoms with Crippen LogP contribution in [0, 0.1) is 0 Å². The van der Waals surface area contributed by atoms with Crippen molar-refractivity contribution in [2.24, 2.45) is 0 Å². The van der Waals surface area contributed by atoms with E-state index in [1.165, 1.54) is 0 Å². The van der Waals surface area contributed by atoms with Crippen LogP contribution >= 0.6 is 0 Å². The standard InChI is InChI=1S/C11H14N2O5/c14-9(15)8-6-16-10(12-8)13-3-1-2-11(7-13)17-4-5-18-11/h6H,1-5,7H2,(H,14,15). The minimum absolute atomic E-state index is 0.0853. The van der Waals surface area contributed by atoms with E-state index >= 15 is 0 Å². The molecular formula is C11H14N2O5. The van der Waals surface area contributed by atoms with Gasteiger partial charge in [0.25, 0.3) is 6.01 Å². The van der Waals surface area contributed by atoms with Crippen LogP contribution in [0.3, 0.4) is 0 Å². The molecule has 2 aliphatic heterocycles. The number of ether oxygens (including phenoxy) is 2. The van der Waals surface area contributed by atoms with Crippen LogP contribution in [0.15, 0.2) is 10.7 Å². The smallest absolute Gasteiger partial charge is 0.357 e. The highest BCUT2D eigenvalue weighted by Crippen LogP contribution is 2.32. The molecule has 0 atom stereocenters. The van der Waals surface area contributed by atoms with E-state index in [2.05, 4.69) is 4.98 Å². The Hall–Kier alpha value is -1.60. The Kier molecular flexibility index (Phi) is 2.71. The first-order valence-electron chi connectivity index (χ1n) is 5.90. The second kappa shape index (κ2) is 4.25. The van der Waals surface area contributed by atoms with Crippen LogP contribution in [-0.2, 0) is 9.47 Å². The van der Waals surface area contributed by atoms with Crippen molar-refractivity contribution in [3.05, 3.63) is 12.0 Å². The molecule has 0 saturated carbocycles. The van der Waals surface area contributed by atoms with Gasteiger partial charge in [0.05, 0.1) is 19.8 Å². The van der Waals surface area contributed by atoms with Gasteiger partial charge in [0, 0.05) is 13.0 Å². The van der Waals surface area contributed by atoms with Crippen LogP contribution in [0.4, 0.5) is 6.01 Å². The molecular weight excluding hydrogens is 240 g/mol. The van der Waals surface area contributed by atoms with Gasteiger partial charge in [0.2, 0.25) is 0 Å². The highest BCUT2D eigenvalue weighted by Gasteiger charge is 2.41. The monoisotopic (exact) mass is 254 g/mol. The summed E-state index contributed by atoms with van der Waals surface area (Å²) in [6, 6.07) is 0.311. The van der Waals surface area contributed by atoms with Crippen molar-refractivity contribution in [3.8, 4) is 0 Å². The quantitative estimate of drug-likeness (QED) is 0.832. The zero-order valence-corrected chi connectivity index (χ0v) is 9.79. The third kappa shape index (κ3) is 1.95. The zero-order valence-electron chi connectivity index (χ0n) is 9.79. The van der Waals surface area contributed by atoms with Crippen LogP contribution in [0.1, 0.15) is 23.3 Å². The average Bonchev–Trinajstić information content (AvgIpc) is 2.98. The number of carbonyl (C=O) groups is 1. The summed E-state index contributed by atoms with van der Waals surface area (Å²) in [5, 5.41) is 8.81. The molecule has 0 amide bonds. The van der Waals surface area contributed by atoms with Crippen molar-refractivity contribution < 1.29 is 23.8 Å². The van der Waals surface area contributed by atoms with Crippen molar-refractivity contribution in [3.63, 3.8) is 0 Å². The fraction of sp³-hybridized carbons (Fsp3) is 0.636. The van der Waals surface area contributed by atoms with Gasteiger partial charge in [-0.05, 0) is 6.42 Å². The summed E-state index contributed by atoms with van der Waals surface area (Å²) in [6.07, 6.45) is 2.89. The van der Waals surface area contributed by atoms with Crippen molar-refractivity contribution >= 4 is 12.0 Å². The molecule has 2 saturated heterocycles. The van der Waals surface area contributed by atoms with Crippen LogP contribution in [0.25, 0.3) is 0 Å². The predicted molar refractivity (Wildman–Crippen MR) is 59.5 cm³/mol. The van der Waals surface area contributed by atoms with E-state index in [0.29, 0.717) is 25.8 Å². The lowest BCUT2D eigenvalue weighted by Crippen LogP contribution is -2.49. The third-order valence-electron chi connectivity index (χ3n) is 3.21. The molecule has 98 valence electrons. The lowest BCUT2D eigenvalue weighted by molar-refractivity contribution is -0.161. The summed E-state index contributed by atoms with van der Waals surface area (Å²) in [5.41, 5.74) is -0.0853. The number of anilines is 1. The highest BCUT2D eigenvalue weighted by molar-refractivity contribution is 5.85. The number of piperidine rings is 1. The van der Waals surface area contributed by atoms with Gasteiger partial charge in [0.15, 0.2) is 11.5 Å². The summed E-state index contributed by atoms with van der Waals surface area (Å²) < 4.78 is 16.5. The number of oxazole rings is 1. The van der Waals surface area contributed by atoms with Crippen molar-refractivity contribution in [1.82, 2.24) is 4.98 Å². The Bertz CT molecular complexity index is 452. The van der Waals surface area contributed by atoms with Gasteiger partial charge < -0.3 is 23.9 Å². The summed E-state index contributed by atoms with van der Waals surface area (Å²) in [4.78, 5) is 16.6. The molecule has 3 heterocycles. The van der Waals surface area contributed by atoms with E-state index in [0.717, 1.165) is 25.6 Å². The average molecular weight is 254 g/mol. The number of hydrogen-bond donors (Lipinski definition) is 1. The number of aromatic carboxylic acids is 1. The fourth-order valence-electron chi connectivity index (χ4n) is 2.39. The van der Waals surface area contributed by atoms with Gasteiger partial charge in [-0.3, -0.25) is 0 Å². The Morgan fingerprint density at radius 3 is 2.89 bits per heavy atom. The number of nitrogens with zero attached hydrogens (tertiary/aromatic N) is 2. The molecule has 1 aromatic heterocycles. The molecule has 0 unspecified atom stereocenters. The molecule has 7 heteroatoms. The molecule has 1 aromatic rings.